The fraction of sp³-hybridized carbons (Fsp3) is 0.688. The molecule has 0 radical (unpaired) electrons. The number of β-amino-alcohol motifs (C(OH)–C–C–N with tert-alkyl or cyclic N) is 1. The van der Waals surface area contributed by atoms with E-state index < -0.39 is 5.60 Å². The third-order valence-electron chi connectivity index (χ3n) is 4.67. The molecule has 3 heterocycles. The molecule has 0 saturated carbocycles. The van der Waals surface area contributed by atoms with E-state index in [4.69, 9.17) is 0 Å². The molecular formula is C16H26N4O. The highest BCUT2D eigenvalue weighted by Gasteiger charge is 2.33. The zero-order chi connectivity index (χ0) is 14.5. The summed E-state index contributed by atoms with van der Waals surface area (Å²) in [4.78, 5) is 8.99. The molecule has 3 rings (SSSR count). The Morgan fingerprint density at radius 1 is 1.14 bits per heavy atom. The summed E-state index contributed by atoms with van der Waals surface area (Å²) in [5, 5.41) is 13.7. The molecule has 5 nitrogen and oxygen atoms in total. The maximum absolute atomic E-state index is 10.4. The van der Waals surface area contributed by atoms with E-state index in [2.05, 4.69) is 32.2 Å². The van der Waals surface area contributed by atoms with Gasteiger partial charge in [-0.15, -0.1) is 0 Å². The molecule has 0 bridgehead atoms. The van der Waals surface area contributed by atoms with Gasteiger partial charge in [-0.3, -0.25) is 9.88 Å². The first kappa shape index (κ1) is 14.9. The van der Waals surface area contributed by atoms with E-state index in [1.807, 2.05) is 12.4 Å². The smallest absolute Gasteiger partial charge is 0.0909 e. The first-order valence-electron chi connectivity index (χ1n) is 8.00. The van der Waals surface area contributed by atoms with Gasteiger partial charge in [0.15, 0.2) is 0 Å². The average molecular weight is 290 g/mol. The summed E-state index contributed by atoms with van der Waals surface area (Å²) in [5.41, 5.74) is 0.859. The largest absolute Gasteiger partial charge is 0.387 e. The topological polar surface area (TPSA) is 51.6 Å². The van der Waals surface area contributed by atoms with Crippen LogP contribution in [0.2, 0.25) is 0 Å². The van der Waals surface area contributed by atoms with Crippen molar-refractivity contribution in [3.05, 3.63) is 30.1 Å². The molecule has 0 aromatic carbocycles. The van der Waals surface area contributed by atoms with Gasteiger partial charge in [-0.1, -0.05) is 0 Å². The molecule has 116 valence electrons. The van der Waals surface area contributed by atoms with Crippen molar-refractivity contribution in [3.63, 3.8) is 0 Å². The number of aliphatic hydroxyl groups is 1. The third kappa shape index (κ3) is 4.23. The highest BCUT2D eigenvalue weighted by atomic mass is 16.3. The Bertz CT molecular complexity index is 425. The van der Waals surface area contributed by atoms with Crippen LogP contribution in [-0.4, -0.2) is 77.8 Å². The number of pyridine rings is 1. The van der Waals surface area contributed by atoms with Crippen molar-refractivity contribution >= 4 is 0 Å². The summed E-state index contributed by atoms with van der Waals surface area (Å²) in [6.07, 6.45) is 5.71. The van der Waals surface area contributed by atoms with Crippen LogP contribution in [0.1, 0.15) is 12.0 Å². The van der Waals surface area contributed by atoms with Crippen LogP contribution in [0.25, 0.3) is 0 Å². The summed E-state index contributed by atoms with van der Waals surface area (Å²) < 4.78 is 0. The lowest BCUT2D eigenvalue weighted by molar-refractivity contribution is 0.00535. The highest BCUT2D eigenvalue weighted by Crippen LogP contribution is 2.17. The number of nitrogens with zero attached hydrogens (tertiary/aromatic N) is 3. The molecule has 0 amide bonds. The van der Waals surface area contributed by atoms with Gasteiger partial charge >= 0.3 is 0 Å². The second kappa shape index (κ2) is 6.83. The van der Waals surface area contributed by atoms with Gasteiger partial charge in [-0.25, -0.2) is 0 Å². The van der Waals surface area contributed by atoms with Crippen molar-refractivity contribution in [1.29, 1.82) is 0 Å². The van der Waals surface area contributed by atoms with Gasteiger partial charge in [0.1, 0.15) is 0 Å². The summed E-state index contributed by atoms with van der Waals surface area (Å²) in [6.45, 7) is 7.97. The first-order chi connectivity index (χ1) is 10.2. The number of aromatic nitrogens is 1. The molecule has 1 atom stereocenters. The lowest BCUT2D eigenvalue weighted by Gasteiger charge is -2.38. The molecule has 2 saturated heterocycles. The van der Waals surface area contributed by atoms with Crippen LogP contribution >= 0.6 is 0 Å². The van der Waals surface area contributed by atoms with Crippen LogP contribution in [0.3, 0.4) is 0 Å². The second-order valence-corrected chi connectivity index (χ2v) is 6.37. The van der Waals surface area contributed by atoms with E-state index in [0.29, 0.717) is 0 Å². The molecular weight excluding hydrogens is 264 g/mol. The van der Waals surface area contributed by atoms with E-state index in [1.165, 1.54) is 5.56 Å². The van der Waals surface area contributed by atoms with Crippen LogP contribution < -0.4 is 5.32 Å². The maximum atomic E-state index is 10.4. The minimum absolute atomic E-state index is 0.501. The molecule has 1 aromatic heterocycles. The van der Waals surface area contributed by atoms with Crippen molar-refractivity contribution in [2.45, 2.75) is 18.4 Å². The van der Waals surface area contributed by atoms with Gasteiger partial charge < -0.3 is 15.3 Å². The Morgan fingerprint density at radius 3 is 2.52 bits per heavy atom. The molecule has 2 aliphatic heterocycles. The zero-order valence-electron chi connectivity index (χ0n) is 12.7. The second-order valence-electron chi connectivity index (χ2n) is 6.37. The molecule has 21 heavy (non-hydrogen) atoms. The fourth-order valence-corrected chi connectivity index (χ4v) is 3.29. The summed E-state index contributed by atoms with van der Waals surface area (Å²) in [5.74, 6) is 0. The van der Waals surface area contributed by atoms with Gasteiger partial charge in [0, 0.05) is 58.2 Å². The van der Waals surface area contributed by atoms with Gasteiger partial charge in [0.25, 0.3) is 0 Å². The van der Waals surface area contributed by atoms with Gasteiger partial charge in [-0.2, -0.15) is 0 Å². The molecule has 0 unspecified atom stereocenters. The number of hydrogen-bond donors (Lipinski definition) is 2. The number of rotatable bonds is 5. The van der Waals surface area contributed by atoms with E-state index in [-0.39, 0.29) is 0 Å². The lowest BCUT2D eigenvalue weighted by Crippen LogP contribution is -2.52. The predicted octanol–water partition coefficient (Wildman–Crippen LogP) is -0.0339. The van der Waals surface area contributed by atoms with Gasteiger partial charge in [0.2, 0.25) is 0 Å². The number of piperazine rings is 1. The molecule has 2 aliphatic rings. The van der Waals surface area contributed by atoms with Crippen molar-refractivity contribution in [2.75, 3.05) is 52.4 Å². The van der Waals surface area contributed by atoms with Crippen molar-refractivity contribution in [2.24, 2.45) is 0 Å². The first-order valence-corrected chi connectivity index (χ1v) is 8.00. The zero-order valence-corrected chi connectivity index (χ0v) is 12.7. The van der Waals surface area contributed by atoms with E-state index in [9.17, 15) is 5.11 Å². The Hall–Kier alpha value is -1.01. The molecule has 2 N–H and O–H groups in total. The predicted molar refractivity (Wildman–Crippen MR) is 83.3 cm³/mol. The van der Waals surface area contributed by atoms with Gasteiger partial charge in [-0.05, 0) is 37.1 Å². The van der Waals surface area contributed by atoms with Crippen LogP contribution in [0.15, 0.2) is 24.5 Å². The highest BCUT2D eigenvalue weighted by molar-refractivity contribution is 5.09. The Labute approximate surface area is 127 Å². The number of hydrogen-bond acceptors (Lipinski definition) is 5. The van der Waals surface area contributed by atoms with E-state index >= 15 is 0 Å². The Kier molecular flexibility index (Phi) is 4.85. The van der Waals surface area contributed by atoms with Crippen LogP contribution in [0.4, 0.5) is 0 Å². The fourth-order valence-electron chi connectivity index (χ4n) is 3.29. The van der Waals surface area contributed by atoms with Crippen molar-refractivity contribution in [3.8, 4) is 0 Å². The van der Waals surface area contributed by atoms with Crippen LogP contribution in [-0.2, 0) is 6.42 Å². The molecule has 1 aromatic rings. The molecule has 5 heteroatoms. The van der Waals surface area contributed by atoms with Crippen LogP contribution in [0.5, 0.6) is 0 Å². The quantitative estimate of drug-likeness (QED) is 0.797. The van der Waals surface area contributed by atoms with Gasteiger partial charge in [0.05, 0.1) is 5.60 Å². The molecule has 0 aliphatic carbocycles. The van der Waals surface area contributed by atoms with E-state index in [1.54, 1.807) is 0 Å². The van der Waals surface area contributed by atoms with Crippen LogP contribution in [0, 0.1) is 0 Å². The Balaban J connectivity index is 1.39. The van der Waals surface area contributed by atoms with E-state index in [0.717, 1.165) is 65.2 Å². The lowest BCUT2D eigenvalue weighted by atomic mass is 10.0. The number of nitrogens with one attached hydrogen (secondary N) is 1. The minimum Gasteiger partial charge on any atom is -0.387 e. The maximum Gasteiger partial charge on any atom is 0.0909 e. The average Bonchev–Trinajstić information content (AvgIpc) is 2.94. The third-order valence-corrected chi connectivity index (χ3v) is 4.67. The molecule has 0 spiro atoms. The monoisotopic (exact) mass is 290 g/mol. The molecule has 2 fully saturated rings. The summed E-state index contributed by atoms with van der Waals surface area (Å²) >= 11 is 0. The SMILES string of the molecule is O[C@@]1(CN2CCN(CCc3ccncc3)CC2)CCNC1. The summed E-state index contributed by atoms with van der Waals surface area (Å²) in [6, 6.07) is 4.19. The minimum atomic E-state index is -0.501. The Morgan fingerprint density at radius 2 is 1.86 bits per heavy atom. The summed E-state index contributed by atoms with van der Waals surface area (Å²) in [7, 11) is 0. The normalized spacial score (nSPS) is 28.0. The van der Waals surface area contributed by atoms with Crippen molar-refractivity contribution in [1.82, 2.24) is 20.1 Å². The van der Waals surface area contributed by atoms with Crippen molar-refractivity contribution < 1.29 is 5.11 Å². The standard InChI is InChI=1S/C16H26N4O/c21-16(4-7-18-13-16)14-20-11-9-19(10-12-20)8-3-15-1-5-17-6-2-15/h1-2,5-6,18,21H,3-4,7-14H2/t16-/m0/s1.